The van der Waals surface area contributed by atoms with E-state index in [1.165, 1.54) is 12.3 Å². The predicted molar refractivity (Wildman–Crippen MR) is 88.4 cm³/mol. The van der Waals surface area contributed by atoms with Crippen molar-refractivity contribution >= 4 is 49.1 Å². The zero-order valence-electron chi connectivity index (χ0n) is 11.1. The van der Waals surface area contributed by atoms with Crippen molar-refractivity contribution in [3.05, 3.63) is 46.0 Å². The monoisotopic (exact) mass is 389 g/mol. The Morgan fingerprint density at radius 3 is 2.71 bits per heavy atom. The van der Waals surface area contributed by atoms with E-state index in [2.05, 4.69) is 31.0 Å². The minimum atomic E-state index is -3.80. The highest BCUT2D eigenvalue weighted by Crippen LogP contribution is 2.28. The van der Waals surface area contributed by atoms with E-state index < -0.39 is 10.0 Å². The van der Waals surface area contributed by atoms with Crippen LogP contribution in [0.25, 0.3) is 0 Å². The number of pyridine rings is 1. The maximum absolute atomic E-state index is 12.5. The number of aromatic nitrogens is 1. The number of para-hydroxylation sites is 1. The third kappa shape index (κ3) is 3.87. The maximum atomic E-state index is 12.5. The molecule has 0 atom stereocenters. The first-order valence-corrected chi connectivity index (χ1v) is 8.76. The predicted octanol–water partition coefficient (Wildman–Crippen LogP) is 3.73. The summed E-state index contributed by atoms with van der Waals surface area (Å²) in [4.78, 5) is 4.14. The van der Waals surface area contributed by atoms with Gasteiger partial charge in [-0.25, -0.2) is 13.4 Å². The van der Waals surface area contributed by atoms with Gasteiger partial charge in [-0.05, 0) is 41.1 Å². The summed E-state index contributed by atoms with van der Waals surface area (Å²) in [6.07, 6.45) is 1.53. The Balaban J connectivity index is 2.44. The Morgan fingerprint density at radius 1 is 1.33 bits per heavy atom. The molecule has 2 aromatic rings. The van der Waals surface area contributed by atoms with Crippen LogP contribution in [0.4, 0.5) is 11.5 Å². The largest absolute Gasteiger partial charge is 0.369 e. The molecule has 21 heavy (non-hydrogen) atoms. The van der Waals surface area contributed by atoms with E-state index in [0.29, 0.717) is 27.5 Å². The van der Waals surface area contributed by atoms with Gasteiger partial charge in [0.05, 0.1) is 10.7 Å². The highest BCUT2D eigenvalue weighted by Gasteiger charge is 2.21. The SMILES string of the molecule is CCNc1ncc(Br)cc1S(=O)(=O)Nc1ccccc1Cl. The van der Waals surface area contributed by atoms with Crippen LogP contribution in [-0.4, -0.2) is 19.9 Å². The summed E-state index contributed by atoms with van der Waals surface area (Å²) in [6, 6.07) is 8.13. The fourth-order valence-corrected chi connectivity index (χ4v) is 3.63. The number of hydrogen-bond acceptors (Lipinski definition) is 4. The van der Waals surface area contributed by atoms with Gasteiger partial charge in [-0.3, -0.25) is 4.72 Å². The first-order valence-electron chi connectivity index (χ1n) is 6.11. The summed E-state index contributed by atoms with van der Waals surface area (Å²) in [5.74, 6) is 0.292. The van der Waals surface area contributed by atoms with E-state index in [-0.39, 0.29) is 4.90 Å². The molecule has 0 bridgehead atoms. The number of benzene rings is 1. The van der Waals surface area contributed by atoms with Gasteiger partial charge in [-0.15, -0.1) is 0 Å². The number of hydrogen-bond donors (Lipinski definition) is 2. The molecule has 0 radical (unpaired) electrons. The molecule has 2 rings (SSSR count). The number of anilines is 2. The summed E-state index contributed by atoms with van der Waals surface area (Å²) in [5, 5.41) is 3.25. The lowest BCUT2D eigenvalue weighted by Gasteiger charge is -2.13. The standard InChI is InChI=1S/C13H13BrClN3O2S/c1-2-16-13-12(7-9(14)8-17-13)21(19,20)18-11-6-4-3-5-10(11)15/h3-8,18H,2H2,1H3,(H,16,17). The Labute approximate surface area is 136 Å². The number of nitrogens with one attached hydrogen (secondary N) is 2. The normalized spacial score (nSPS) is 11.2. The molecule has 0 saturated carbocycles. The van der Waals surface area contributed by atoms with Crippen LogP contribution < -0.4 is 10.0 Å². The van der Waals surface area contributed by atoms with Crippen LogP contribution in [0.15, 0.2) is 45.9 Å². The Kier molecular flexibility index (Phi) is 5.08. The van der Waals surface area contributed by atoms with Crippen molar-refractivity contribution in [3.63, 3.8) is 0 Å². The average Bonchev–Trinajstić information content (AvgIpc) is 2.43. The molecule has 8 heteroatoms. The molecule has 1 aromatic carbocycles. The zero-order chi connectivity index (χ0) is 15.5. The van der Waals surface area contributed by atoms with Gasteiger partial charge in [0.15, 0.2) is 0 Å². The number of rotatable bonds is 5. The van der Waals surface area contributed by atoms with E-state index in [9.17, 15) is 8.42 Å². The first-order chi connectivity index (χ1) is 9.94. The third-order valence-electron chi connectivity index (χ3n) is 2.57. The average molecular weight is 391 g/mol. The van der Waals surface area contributed by atoms with Crippen LogP contribution in [0.3, 0.4) is 0 Å². The molecule has 0 fully saturated rings. The van der Waals surface area contributed by atoms with Crippen LogP contribution in [0.5, 0.6) is 0 Å². The molecule has 0 saturated heterocycles. The second-order valence-corrected chi connectivity index (χ2v) is 7.09. The number of nitrogens with zero attached hydrogens (tertiary/aromatic N) is 1. The molecular formula is C13H13BrClN3O2S. The van der Waals surface area contributed by atoms with Crippen LogP contribution in [0.2, 0.25) is 5.02 Å². The topological polar surface area (TPSA) is 71.1 Å². The van der Waals surface area contributed by atoms with Crippen LogP contribution in [0.1, 0.15) is 6.92 Å². The summed E-state index contributed by atoms with van der Waals surface area (Å²) in [5.41, 5.74) is 0.321. The number of halogens is 2. The van der Waals surface area contributed by atoms with Crippen LogP contribution >= 0.6 is 27.5 Å². The summed E-state index contributed by atoms with van der Waals surface area (Å²) in [6.45, 7) is 2.42. The molecule has 112 valence electrons. The van der Waals surface area contributed by atoms with E-state index in [4.69, 9.17) is 11.6 Å². The van der Waals surface area contributed by atoms with E-state index >= 15 is 0 Å². The van der Waals surface area contributed by atoms with Crippen molar-refractivity contribution in [2.24, 2.45) is 0 Å². The van der Waals surface area contributed by atoms with Gasteiger partial charge >= 0.3 is 0 Å². The van der Waals surface area contributed by atoms with Gasteiger partial charge in [-0.2, -0.15) is 0 Å². The van der Waals surface area contributed by atoms with Gasteiger partial charge in [0, 0.05) is 17.2 Å². The molecule has 0 aliphatic heterocycles. The molecule has 2 N–H and O–H groups in total. The van der Waals surface area contributed by atoms with Gasteiger partial charge in [0.2, 0.25) is 0 Å². The van der Waals surface area contributed by atoms with E-state index in [1.54, 1.807) is 24.3 Å². The second kappa shape index (κ2) is 6.64. The lowest BCUT2D eigenvalue weighted by atomic mass is 10.3. The van der Waals surface area contributed by atoms with Gasteiger partial charge in [0.25, 0.3) is 10.0 Å². The van der Waals surface area contributed by atoms with Crippen molar-refractivity contribution in [1.82, 2.24) is 4.98 Å². The zero-order valence-corrected chi connectivity index (χ0v) is 14.3. The smallest absolute Gasteiger partial charge is 0.265 e. The van der Waals surface area contributed by atoms with Gasteiger partial charge < -0.3 is 5.32 Å². The van der Waals surface area contributed by atoms with Crippen molar-refractivity contribution in [1.29, 1.82) is 0 Å². The Bertz CT molecular complexity index is 753. The summed E-state index contributed by atoms with van der Waals surface area (Å²) in [7, 11) is -3.80. The van der Waals surface area contributed by atoms with Crippen LogP contribution in [0, 0.1) is 0 Å². The van der Waals surface area contributed by atoms with E-state index in [0.717, 1.165) is 0 Å². The van der Waals surface area contributed by atoms with Gasteiger partial charge in [-0.1, -0.05) is 23.7 Å². The van der Waals surface area contributed by atoms with Crippen molar-refractivity contribution in [3.8, 4) is 0 Å². The minimum absolute atomic E-state index is 0.0543. The Hall–Kier alpha value is -1.31. The molecule has 0 spiro atoms. The summed E-state index contributed by atoms with van der Waals surface area (Å²) >= 11 is 9.21. The molecular weight excluding hydrogens is 378 g/mol. The van der Waals surface area contributed by atoms with Crippen molar-refractivity contribution in [2.45, 2.75) is 11.8 Å². The van der Waals surface area contributed by atoms with Crippen molar-refractivity contribution < 1.29 is 8.42 Å². The van der Waals surface area contributed by atoms with Crippen molar-refractivity contribution in [2.75, 3.05) is 16.6 Å². The lowest BCUT2D eigenvalue weighted by Crippen LogP contribution is -2.16. The molecule has 1 aromatic heterocycles. The second-order valence-electron chi connectivity index (χ2n) is 4.12. The number of sulfonamides is 1. The molecule has 5 nitrogen and oxygen atoms in total. The molecule has 0 amide bonds. The lowest BCUT2D eigenvalue weighted by molar-refractivity contribution is 0.601. The van der Waals surface area contributed by atoms with Crippen LogP contribution in [-0.2, 0) is 10.0 Å². The fraction of sp³-hybridized carbons (Fsp3) is 0.154. The fourth-order valence-electron chi connectivity index (χ4n) is 1.67. The molecule has 0 unspecified atom stereocenters. The third-order valence-corrected chi connectivity index (χ3v) is 4.71. The minimum Gasteiger partial charge on any atom is -0.369 e. The first kappa shape index (κ1) is 16.1. The molecule has 0 aliphatic rings. The highest BCUT2D eigenvalue weighted by molar-refractivity contribution is 9.10. The van der Waals surface area contributed by atoms with E-state index in [1.807, 2.05) is 6.92 Å². The van der Waals surface area contributed by atoms with Gasteiger partial charge in [0.1, 0.15) is 10.7 Å². The molecule has 1 heterocycles. The quantitative estimate of drug-likeness (QED) is 0.816. The molecule has 0 aliphatic carbocycles. The summed E-state index contributed by atoms with van der Waals surface area (Å²) < 4.78 is 28.1. The Morgan fingerprint density at radius 2 is 2.05 bits per heavy atom. The maximum Gasteiger partial charge on any atom is 0.265 e. The highest BCUT2D eigenvalue weighted by atomic mass is 79.9.